The van der Waals surface area contributed by atoms with Crippen LogP contribution in [0.2, 0.25) is 5.02 Å². The Hall–Kier alpha value is -1.12. The molecule has 17 heavy (non-hydrogen) atoms. The van der Waals surface area contributed by atoms with Gasteiger partial charge in [0.15, 0.2) is 5.78 Å². The van der Waals surface area contributed by atoms with E-state index >= 15 is 0 Å². The van der Waals surface area contributed by atoms with Gasteiger partial charge in [-0.05, 0) is 42.7 Å². The average molecular weight is 265 g/mol. The molecule has 1 aromatic heterocycles. The van der Waals surface area contributed by atoms with Crippen LogP contribution in [0.4, 0.5) is 0 Å². The molecule has 1 aromatic carbocycles. The van der Waals surface area contributed by atoms with Crippen LogP contribution in [0.5, 0.6) is 0 Å². The molecule has 0 aliphatic rings. The minimum Gasteiger partial charge on any atom is -0.294 e. The van der Waals surface area contributed by atoms with Gasteiger partial charge in [0, 0.05) is 9.90 Å². The molecule has 2 aromatic rings. The topological polar surface area (TPSA) is 17.1 Å². The number of ketones is 1. The molecule has 3 heteroatoms. The fraction of sp³-hybridized carbons (Fsp3) is 0.214. The van der Waals surface area contributed by atoms with E-state index in [1.165, 1.54) is 11.3 Å². The lowest BCUT2D eigenvalue weighted by Gasteiger charge is -2.03. The highest BCUT2D eigenvalue weighted by atomic mass is 35.5. The van der Waals surface area contributed by atoms with E-state index in [4.69, 9.17) is 11.6 Å². The van der Waals surface area contributed by atoms with Gasteiger partial charge in [0.2, 0.25) is 0 Å². The first-order valence-corrected chi connectivity index (χ1v) is 6.71. The van der Waals surface area contributed by atoms with Crippen LogP contribution in [0.1, 0.15) is 29.1 Å². The van der Waals surface area contributed by atoms with Crippen molar-refractivity contribution in [2.45, 2.75) is 20.3 Å². The fourth-order valence-electron chi connectivity index (χ4n) is 1.67. The molecule has 0 amide bonds. The molecule has 0 saturated heterocycles. The molecule has 2 rings (SSSR count). The zero-order valence-electron chi connectivity index (χ0n) is 9.79. The second kappa shape index (κ2) is 5.03. The van der Waals surface area contributed by atoms with Crippen LogP contribution in [0, 0.1) is 0 Å². The smallest absolute Gasteiger partial charge is 0.169 e. The van der Waals surface area contributed by atoms with E-state index in [1.807, 2.05) is 24.3 Å². The van der Waals surface area contributed by atoms with Crippen molar-refractivity contribution >= 4 is 28.7 Å². The number of halogens is 1. The Bertz CT molecular complexity index is 557. The normalized spacial score (nSPS) is 10.5. The van der Waals surface area contributed by atoms with Gasteiger partial charge in [-0.3, -0.25) is 4.79 Å². The quantitative estimate of drug-likeness (QED) is 0.726. The largest absolute Gasteiger partial charge is 0.294 e. The Morgan fingerprint density at radius 2 is 2.06 bits per heavy atom. The number of thiophene rings is 1. The molecule has 0 fully saturated rings. The van der Waals surface area contributed by atoms with Gasteiger partial charge in [0.25, 0.3) is 0 Å². The molecule has 1 nitrogen and oxygen atoms in total. The van der Waals surface area contributed by atoms with E-state index < -0.39 is 0 Å². The van der Waals surface area contributed by atoms with Crippen LogP contribution < -0.4 is 0 Å². The summed E-state index contributed by atoms with van der Waals surface area (Å²) in [5.41, 5.74) is 2.23. The van der Waals surface area contributed by atoms with Crippen molar-refractivity contribution < 1.29 is 4.79 Å². The number of carbonyl (C=O) groups is 1. The SMILES string of the molecule is CCc1ccc(-c2ccc(C(C)=O)s2)cc1Cl. The third-order valence-corrected chi connectivity index (χ3v) is 4.26. The number of hydrogen-bond donors (Lipinski definition) is 0. The van der Waals surface area contributed by atoms with Gasteiger partial charge in [0.1, 0.15) is 0 Å². The maximum absolute atomic E-state index is 11.2. The maximum Gasteiger partial charge on any atom is 0.169 e. The van der Waals surface area contributed by atoms with Crippen LogP contribution in [0.15, 0.2) is 30.3 Å². The molecule has 0 unspecified atom stereocenters. The zero-order chi connectivity index (χ0) is 12.4. The second-order valence-electron chi connectivity index (χ2n) is 3.88. The fourth-order valence-corrected chi connectivity index (χ4v) is 2.88. The zero-order valence-corrected chi connectivity index (χ0v) is 11.4. The molecule has 0 aliphatic heterocycles. The van der Waals surface area contributed by atoms with E-state index in [1.54, 1.807) is 6.92 Å². The third kappa shape index (κ3) is 2.59. The summed E-state index contributed by atoms with van der Waals surface area (Å²) in [7, 11) is 0. The van der Waals surface area contributed by atoms with E-state index in [0.29, 0.717) is 0 Å². The first kappa shape index (κ1) is 12.3. The van der Waals surface area contributed by atoms with E-state index in [9.17, 15) is 4.79 Å². The molecule has 0 spiro atoms. The van der Waals surface area contributed by atoms with Crippen LogP contribution in [-0.2, 0) is 6.42 Å². The highest BCUT2D eigenvalue weighted by Crippen LogP contribution is 2.31. The maximum atomic E-state index is 11.2. The number of aryl methyl sites for hydroxylation is 1. The predicted molar refractivity (Wildman–Crippen MR) is 74.1 cm³/mol. The Balaban J connectivity index is 2.39. The molecule has 0 atom stereocenters. The summed E-state index contributed by atoms with van der Waals surface area (Å²) in [5.74, 6) is 0.109. The van der Waals surface area contributed by atoms with Crippen LogP contribution in [0.25, 0.3) is 10.4 Å². The number of rotatable bonds is 3. The average Bonchev–Trinajstić information content (AvgIpc) is 2.78. The van der Waals surface area contributed by atoms with Gasteiger partial charge in [-0.2, -0.15) is 0 Å². The van der Waals surface area contributed by atoms with E-state index in [-0.39, 0.29) is 5.78 Å². The minimum atomic E-state index is 0.109. The number of Topliss-reactive ketones (excluding diaryl/α,β-unsaturated/α-hetero) is 1. The van der Waals surface area contributed by atoms with Crippen molar-refractivity contribution in [1.29, 1.82) is 0 Å². The summed E-state index contributed by atoms with van der Waals surface area (Å²) < 4.78 is 0. The summed E-state index contributed by atoms with van der Waals surface area (Å²) in [6, 6.07) is 9.91. The second-order valence-corrected chi connectivity index (χ2v) is 5.37. The first-order valence-electron chi connectivity index (χ1n) is 5.51. The van der Waals surface area contributed by atoms with Crippen LogP contribution in [0.3, 0.4) is 0 Å². The van der Waals surface area contributed by atoms with Gasteiger partial charge in [-0.25, -0.2) is 0 Å². The van der Waals surface area contributed by atoms with Crippen molar-refractivity contribution in [1.82, 2.24) is 0 Å². The highest BCUT2D eigenvalue weighted by molar-refractivity contribution is 7.17. The molecular weight excluding hydrogens is 252 g/mol. The molecule has 0 bridgehead atoms. The Labute approximate surface area is 110 Å². The summed E-state index contributed by atoms with van der Waals surface area (Å²) >= 11 is 7.69. The lowest BCUT2D eigenvalue weighted by atomic mass is 10.1. The Morgan fingerprint density at radius 3 is 2.59 bits per heavy atom. The monoisotopic (exact) mass is 264 g/mol. The summed E-state index contributed by atoms with van der Waals surface area (Å²) in [5, 5.41) is 0.794. The molecule has 0 aliphatic carbocycles. The van der Waals surface area contributed by atoms with Crippen LogP contribution in [-0.4, -0.2) is 5.78 Å². The first-order chi connectivity index (χ1) is 8.11. The van der Waals surface area contributed by atoms with Crippen molar-refractivity contribution in [3.63, 3.8) is 0 Å². The van der Waals surface area contributed by atoms with Crippen molar-refractivity contribution in [2.24, 2.45) is 0 Å². The van der Waals surface area contributed by atoms with Gasteiger partial charge in [-0.15, -0.1) is 11.3 Å². The standard InChI is InChI=1S/C14H13ClOS/c1-3-10-4-5-11(8-12(10)15)14-7-6-13(17-14)9(2)16/h4-8H,3H2,1-2H3. The van der Waals surface area contributed by atoms with Crippen molar-refractivity contribution in [2.75, 3.05) is 0 Å². The van der Waals surface area contributed by atoms with E-state index in [0.717, 1.165) is 32.3 Å². The predicted octanol–water partition coefficient (Wildman–Crippen LogP) is 4.83. The lowest BCUT2D eigenvalue weighted by molar-refractivity contribution is 0.102. The molecule has 0 N–H and O–H groups in total. The third-order valence-electron chi connectivity index (χ3n) is 2.67. The molecule has 88 valence electrons. The van der Waals surface area contributed by atoms with Crippen LogP contribution >= 0.6 is 22.9 Å². The van der Waals surface area contributed by atoms with Gasteiger partial charge >= 0.3 is 0 Å². The summed E-state index contributed by atoms with van der Waals surface area (Å²) in [6.45, 7) is 3.67. The molecular formula is C14H13ClOS. The summed E-state index contributed by atoms with van der Waals surface area (Å²) in [6.07, 6.45) is 0.933. The lowest BCUT2D eigenvalue weighted by Crippen LogP contribution is -1.84. The minimum absolute atomic E-state index is 0.109. The number of carbonyl (C=O) groups excluding carboxylic acids is 1. The van der Waals surface area contributed by atoms with Crippen molar-refractivity contribution in [3.05, 3.63) is 45.8 Å². The number of hydrogen-bond acceptors (Lipinski definition) is 2. The van der Waals surface area contributed by atoms with Gasteiger partial charge < -0.3 is 0 Å². The van der Waals surface area contributed by atoms with Gasteiger partial charge in [0.05, 0.1) is 4.88 Å². The Morgan fingerprint density at radius 1 is 1.29 bits per heavy atom. The molecule has 0 radical (unpaired) electrons. The Kier molecular flexibility index (Phi) is 3.65. The van der Waals surface area contributed by atoms with Crippen molar-refractivity contribution in [3.8, 4) is 10.4 Å². The van der Waals surface area contributed by atoms with Gasteiger partial charge in [-0.1, -0.05) is 30.7 Å². The highest BCUT2D eigenvalue weighted by Gasteiger charge is 2.07. The molecule has 0 saturated carbocycles. The summed E-state index contributed by atoms with van der Waals surface area (Å²) in [4.78, 5) is 13.1. The molecule has 1 heterocycles. The van der Waals surface area contributed by atoms with E-state index in [2.05, 4.69) is 13.0 Å². The number of benzene rings is 1.